The first kappa shape index (κ1) is 6.34. The SMILES string of the molecule is CCC(=N)C(C)=N. The van der Waals surface area contributed by atoms with E-state index in [1.165, 1.54) is 0 Å². The van der Waals surface area contributed by atoms with E-state index in [0.717, 1.165) is 0 Å². The molecule has 0 unspecified atom stereocenters. The van der Waals surface area contributed by atoms with Gasteiger partial charge in [-0.2, -0.15) is 0 Å². The lowest BCUT2D eigenvalue weighted by molar-refractivity contribution is 1.26. The fourth-order valence-electron chi connectivity index (χ4n) is 0.265. The summed E-state index contributed by atoms with van der Waals surface area (Å²) in [6.07, 6.45) is 0.676. The summed E-state index contributed by atoms with van der Waals surface area (Å²) in [6, 6.07) is 0. The van der Waals surface area contributed by atoms with Crippen molar-refractivity contribution in [3.63, 3.8) is 0 Å². The van der Waals surface area contributed by atoms with Crippen molar-refractivity contribution in [1.82, 2.24) is 0 Å². The zero-order valence-corrected chi connectivity index (χ0v) is 4.71. The summed E-state index contributed by atoms with van der Waals surface area (Å²) >= 11 is 0. The third-order valence-electron chi connectivity index (χ3n) is 0.806. The van der Waals surface area contributed by atoms with Crippen molar-refractivity contribution in [2.45, 2.75) is 20.3 Å². The first-order chi connectivity index (χ1) is 3.18. The quantitative estimate of drug-likeness (QED) is 0.491. The van der Waals surface area contributed by atoms with Crippen LogP contribution >= 0.6 is 0 Å². The molecule has 0 spiro atoms. The van der Waals surface area contributed by atoms with E-state index in [1.807, 2.05) is 6.92 Å². The highest BCUT2D eigenvalue weighted by Crippen LogP contribution is 1.81. The summed E-state index contributed by atoms with van der Waals surface area (Å²) in [5.74, 6) is 0. The Morgan fingerprint density at radius 1 is 1.43 bits per heavy atom. The van der Waals surface area contributed by atoms with Crippen LogP contribution in [0.15, 0.2) is 0 Å². The van der Waals surface area contributed by atoms with Gasteiger partial charge in [0.2, 0.25) is 0 Å². The van der Waals surface area contributed by atoms with Crippen molar-refractivity contribution >= 4 is 11.4 Å². The van der Waals surface area contributed by atoms with E-state index in [-0.39, 0.29) is 0 Å². The second kappa shape index (κ2) is 2.50. The van der Waals surface area contributed by atoms with Crippen molar-refractivity contribution in [1.29, 1.82) is 10.8 Å². The number of hydrogen-bond donors (Lipinski definition) is 2. The smallest absolute Gasteiger partial charge is 0.0515 e. The van der Waals surface area contributed by atoms with Gasteiger partial charge in [-0.15, -0.1) is 0 Å². The van der Waals surface area contributed by atoms with Crippen molar-refractivity contribution in [2.75, 3.05) is 0 Å². The van der Waals surface area contributed by atoms with E-state index >= 15 is 0 Å². The molecule has 0 radical (unpaired) electrons. The van der Waals surface area contributed by atoms with Crippen LogP contribution in [0, 0.1) is 10.8 Å². The Bertz CT molecular complexity index is 94.3. The van der Waals surface area contributed by atoms with Crippen LogP contribution in [0.3, 0.4) is 0 Å². The fraction of sp³-hybridized carbons (Fsp3) is 0.600. The van der Waals surface area contributed by atoms with E-state index < -0.39 is 0 Å². The molecular weight excluding hydrogens is 88.1 g/mol. The van der Waals surface area contributed by atoms with Gasteiger partial charge < -0.3 is 10.8 Å². The van der Waals surface area contributed by atoms with Crippen LogP contribution in [0.5, 0.6) is 0 Å². The third kappa shape index (κ3) is 2.09. The van der Waals surface area contributed by atoms with Crippen LogP contribution in [0.4, 0.5) is 0 Å². The van der Waals surface area contributed by atoms with E-state index in [1.54, 1.807) is 6.92 Å². The largest absolute Gasteiger partial charge is 0.304 e. The fourth-order valence-corrected chi connectivity index (χ4v) is 0.265. The Labute approximate surface area is 43.6 Å². The molecule has 0 aromatic rings. The first-order valence-electron chi connectivity index (χ1n) is 2.31. The molecule has 0 heterocycles. The Morgan fingerprint density at radius 3 is 1.86 bits per heavy atom. The highest BCUT2D eigenvalue weighted by atomic mass is 14.5. The lowest BCUT2D eigenvalue weighted by Gasteiger charge is -1.90. The maximum atomic E-state index is 6.97. The zero-order chi connectivity index (χ0) is 5.86. The second-order valence-electron chi connectivity index (χ2n) is 1.46. The maximum Gasteiger partial charge on any atom is 0.0515 e. The van der Waals surface area contributed by atoms with Crippen molar-refractivity contribution in [2.24, 2.45) is 0 Å². The normalized spacial score (nSPS) is 8.29. The molecule has 0 aliphatic rings. The van der Waals surface area contributed by atoms with Gasteiger partial charge in [0.25, 0.3) is 0 Å². The molecule has 0 amide bonds. The molecule has 2 heteroatoms. The predicted octanol–water partition coefficient (Wildman–Crippen LogP) is 1.46. The summed E-state index contributed by atoms with van der Waals surface area (Å²) in [5, 5.41) is 13.8. The van der Waals surface area contributed by atoms with Crippen molar-refractivity contribution in [3.8, 4) is 0 Å². The molecule has 0 atom stereocenters. The van der Waals surface area contributed by atoms with Crippen LogP contribution < -0.4 is 0 Å². The van der Waals surface area contributed by atoms with Crippen LogP contribution in [0.2, 0.25) is 0 Å². The van der Waals surface area contributed by atoms with Gasteiger partial charge in [-0.25, -0.2) is 0 Å². The van der Waals surface area contributed by atoms with Crippen LogP contribution in [0.25, 0.3) is 0 Å². The Morgan fingerprint density at radius 2 is 1.86 bits per heavy atom. The zero-order valence-electron chi connectivity index (χ0n) is 4.71. The average Bonchev–Trinajstić information content (AvgIpc) is 1.65. The summed E-state index contributed by atoms with van der Waals surface area (Å²) in [4.78, 5) is 0. The Balaban J connectivity index is 3.58. The third-order valence-corrected chi connectivity index (χ3v) is 0.806. The van der Waals surface area contributed by atoms with Crippen molar-refractivity contribution < 1.29 is 0 Å². The summed E-state index contributed by atoms with van der Waals surface area (Å²) in [5.41, 5.74) is 0.808. The summed E-state index contributed by atoms with van der Waals surface area (Å²) < 4.78 is 0. The molecule has 0 aliphatic heterocycles. The van der Waals surface area contributed by atoms with Gasteiger partial charge in [0.05, 0.1) is 5.71 Å². The molecule has 40 valence electrons. The second-order valence-corrected chi connectivity index (χ2v) is 1.46. The number of hydrogen-bond acceptors (Lipinski definition) is 2. The lowest BCUT2D eigenvalue weighted by atomic mass is 10.2. The van der Waals surface area contributed by atoms with Gasteiger partial charge in [-0.3, -0.25) is 0 Å². The van der Waals surface area contributed by atoms with Crippen LogP contribution in [0.1, 0.15) is 20.3 Å². The molecule has 0 saturated heterocycles. The highest BCUT2D eigenvalue weighted by molar-refractivity contribution is 6.38. The molecule has 0 rings (SSSR count). The van der Waals surface area contributed by atoms with Crippen LogP contribution in [-0.4, -0.2) is 11.4 Å². The Hall–Kier alpha value is -0.660. The molecule has 0 aromatic heterocycles. The van der Waals surface area contributed by atoms with Gasteiger partial charge in [-0.05, 0) is 13.3 Å². The number of nitrogens with one attached hydrogen (secondary N) is 2. The van der Waals surface area contributed by atoms with E-state index in [9.17, 15) is 0 Å². The summed E-state index contributed by atoms with van der Waals surface area (Å²) in [6.45, 7) is 3.51. The molecule has 0 fully saturated rings. The highest BCUT2D eigenvalue weighted by Gasteiger charge is 1.90. The molecule has 0 saturated carbocycles. The lowest BCUT2D eigenvalue weighted by Crippen LogP contribution is -2.03. The number of rotatable bonds is 2. The molecular formula is C5H10N2. The minimum Gasteiger partial charge on any atom is -0.304 e. The first-order valence-corrected chi connectivity index (χ1v) is 2.31. The van der Waals surface area contributed by atoms with E-state index in [2.05, 4.69) is 0 Å². The predicted molar refractivity (Wildman–Crippen MR) is 31.4 cm³/mol. The van der Waals surface area contributed by atoms with Crippen molar-refractivity contribution in [3.05, 3.63) is 0 Å². The topological polar surface area (TPSA) is 47.7 Å². The average molecular weight is 98.1 g/mol. The molecule has 2 N–H and O–H groups in total. The maximum absolute atomic E-state index is 6.97. The summed E-state index contributed by atoms with van der Waals surface area (Å²) in [7, 11) is 0. The molecule has 0 aliphatic carbocycles. The van der Waals surface area contributed by atoms with E-state index in [0.29, 0.717) is 17.8 Å². The Kier molecular flexibility index (Phi) is 2.27. The van der Waals surface area contributed by atoms with Gasteiger partial charge in [0.1, 0.15) is 0 Å². The van der Waals surface area contributed by atoms with Crippen LogP contribution in [-0.2, 0) is 0 Å². The monoisotopic (exact) mass is 98.1 g/mol. The van der Waals surface area contributed by atoms with Gasteiger partial charge >= 0.3 is 0 Å². The molecule has 0 bridgehead atoms. The molecule has 0 aromatic carbocycles. The van der Waals surface area contributed by atoms with Gasteiger partial charge in [0, 0.05) is 5.71 Å². The van der Waals surface area contributed by atoms with Gasteiger partial charge in [0.15, 0.2) is 0 Å². The standard InChI is InChI=1S/C5H10N2/c1-3-5(7)4(2)6/h6-7H,3H2,1-2H3. The van der Waals surface area contributed by atoms with Gasteiger partial charge in [-0.1, -0.05) is 6.92 Å². The minimum absolute atomic E-state index is 0.377. The minimum atomic E-state index is 0.377. The molecule has 2 nitrogen and oxygen atoms in total. The molecule has 7 heavy (non-hydrogen) atoms. The van der Waals surface area contributed by atoms with E-state index in [4.69, 9.17) is 10.8 Å².